The maximum Gasteiger partial charge on any atom is 0.0319 e. The van der Waals surface area contributed by atoms with Crippen LogP contribution < -0.4 is 0 Å². The molecule has 0 radical (unpaired) electrons. The molecule has 2 aromatic rings. The Morgan fingerprint density at radius 1 is 0.857 bits per heavy atom. The summed E-state index contributed by atoms with van der Waals surface area (Å²) in [5.74, 6) is 0. The summed E-state index contributed by atoms with van der Waals surface area (Å²) < 4.78 is 2.76. The minimum absolute atomic E-state index is 1.38. The summed E-state index contributed by atoms with van der Waals surface area (Å²) in [6.07, 6.45) is 0. The number of hydrogen-bond acceptors (Lipinski definition) is 2. The molecule has 0 unspecified atom stereocenters. The lowest BCUT2D eigenvalue weighted by Gasteiger charge is -2.02. The van der Waals surface area contributed by atoms with Crippen LogP contribution in [-0.2, 0) is 0 Å². The van der Waals surface area contributed by atoms with Crippen molar-refractivity contribution < 1.29 is 0 Å². The quantitative estimate of drug-likeness (QED) is 0.522. The van der Waals surface area contributed by atoms with E-state index in [1.165, 1.54) is 28.0 Å². The van der Waals surface area contributed by atoms with Gasteiger partial charge < -0.3 is 0 Å². The molecule has 74 valence electrons. The summed E-state index contributed by atoms with van der Waals surface area (Å²) in [5, 5.41) is 4.47. The molecule has 0 bridgehead atoms. The molecule has 0 aliphatic carbocycles. The third kappa shape index (κ3) is 1.90. The van der Waals surface area contributed by atoms with Gasteiger partial charge in [-0.15, -0.1) is 22.7 Å². The van der Waals surface area contributed by atoms with Gasteiger partial charge in [0.15, 0.2) is 0 Å². The molecule has 0 saturated carbocycles. The number of thiophene rings is 2. The molecule has 0 atom stereocenters. The second kappa shape index (κ2) is 4.39. The van der Waals surface area contributed by atoms with E-state index in [9.17, 15) is 0 Å². The molecule has 0 aliphatic heterocycles. The molecule has 0 saturated heterocycles. The van der Waals surface area contributed by atoms with Crippen molar-refractivity contribution in [3.63, 3.8) is 0 Å². The van der Waals surface area contributed by atoms with Crippen LogP contribution in [0.1, 0.15) is 9.75 Å². The minimum Gasteiger partial charge on any atom is -0.147 e. The summed E-state index contributed by atoms with van der Waals surface area (Å²) in [6, 6.07) is 0. The van der Waals surface area contributed by atoms with Crippen LogP contribution in [0.3, 0.4) is 0 Å². The van der Waals surface area contributed by atoms with E-state index in [4.69, 9.17) is 0 Å². The van der Waals surface area contributed by atoms with E-state index in [1.807, 2.05) is 22.7 Å². The lowest BCUT2D eigenvalue weighted by Crippen LogP contribution is -1.82. The Bertz CT molecular complexity index is 385. The van der Waals surface area contributed by atoms with Crippen molar-refractivity contribution in [3.8, 4) is 11.1 Å². The lowest BCUT2D eigenvalue weighted by atomic mass is 10.1. The van der Waals surface area contributed by atoms with Gasteiger partial charge in [-0.2, -0.15) is 0 Å². The van der Waals surface area contributed by atoms with Gasteiger partial charge in [0.05, 0.1) is 0 Å². The van der Waals surface area contributed by atoms with E-state index < -0.39 is 0 Å². The van der Waals surface area contributed by atoms with E-state index in [1.54, 1.807) is 0 Å². The van der Waals surface area contributed by atoms with Crippen LogP contribution in [-0.4, -0.2) is 0 Å². The van der Waals surface area contributed by atoms with Crippen LogP contribution in [0.25, 0.3) is 11.1 Å². The van der Waals surface area contributed by atoms with Crippen molar-refractivity contribution >= 4 is 67.9 Å². The first kappa shape index (κ1) is 11.3. The fourth-order valence-electron chi connectivity index (χ4n) is 1.44. The van der Waals surface area contributed by atoms with E-state index in [2.05, 4.69) is 69.8 Å². The van der Waals surface area contributed by atoms with Gasteiger partial charge in [-0.1, -0.05) is 0 Å². The van der Waals surface area contributed by atoms with Crippen LogP contribution in [0.15, 0.2) is 10.8 Å². The molecule has 2 heterocycles. The molecule has 0 aliphatic rings. The van der Waals surface area contributed by atoms with Crippen LogP contribution in [0.5, 0.6) is 0 Å². The molecular weight excluding hydrogens is 438 g/mol. The zero-order chi connectivity index (χ0) is 10.3. The second-order valence-electron chi connectivity index (χ2n) is 3.03. The maximum atomic E-state index is 2.43. The predicted molar refractivity (Wildman–Crippen MR) is 82.5 cm³/mol. The average Bonchev–Trinajstić information content (AvgIpc) is 2.60. The van der Waals surface area contributed by atoms with Gasteiger partial charge in [0.1, 0.15) is 0 Å². The largest absolute Gasteiger partial charge is 0.147 e. The summed E-state index contributed by atoms with van der Waals surface area (Å²) in [5.41, 5.74) is 2.89. The first-order valence-corrected chi connectivity index (χ1v) is 8.00. The SMILES string of the molecule is Cc1scc(I)c1-c1c(I)csc1C. The van der Waals surface area contributed by atoms with Gasteiger partial charge in [-0.3, -0.25) is 0 Å². The molecular formula is C10H8I2S2. The normalized spacial score (nSPS) is 10.9. The Morgan fingerprint density at radius 3 is 1.43 bits per heavy atom. The molecule has 2 rings (SSSR count). The van der Waals surface area contributed by atoms with Crippen molar-refractivity contribution in [2.75, 3.05) is 0 Å². The standard InChI is InChI=1S/C10H8I2S2/c1-5-9(7(11)3-13-5)10-6(2)14-4-8(10)12/h3-4H,1-2H3. The minimum atomic E-state index is 1.38. The fraction of sp³-hybridized carbons (Fsp3) is 0.200. The molecule has 0 amide bonds. The lowest BCUT2D eigenvalue weighted by molar-refractivity contribution is 1.53. The van der Waals surface area contributed by atoms with Gasteiger partial charge in [0.25, 0.3) is 0 Å². The number of rotatable bonds is 1. The molecule has 0 nitrogen and oxygen atoms in total. The van der Waals surface area contributed by atoms with Crippen LogP contribution >= 0.6 is 67.9 Å². The van der Waals surface area contributed by atoms with Crippen molar-refractivity contribution in [2.45, 2.75) is 13.8 Å². The van der Waals surface area contributed by atoms with Crippen molar-refractivity contribution in [3.05, 3.63) is 27.7 Å². The Hall–Kier alpha value is 0.860. The predicted octanol–water partition coefficient (Wildman–Crippen LogP) is 5.30. The molecule has 2 aromatic heterocycles. The van der Waals surface area contributed by atoms with E-state index >= 15 is 0 Å². The summed E-state index contributed by atoms with van der Waals surface area (Å²) >= 11 is 8.54. The Kier molecular flexibility index (Phi) is 3.56. The third-order valence-electron chi connectivity index (χ3n) is 2.11. The van der Waals surface area contributed by atoms with Gasteiger partial charge in [0.2, 0.25) is 0 Å². The van der Waals surface area contributed by atoms with Crippen molar-refractivity contribution in [1.82, 2.24) is 0 Å². The number of hydrogen-bond donors (Lipinski definition) is 0. The van der Waals surface area contributed by atoms with Crippen LogP contribution in [0, 0.1) is 21.0 Å². The first-order valence-electron chi connectivity index (χ1n) is 4.08. The zero-order valence-corrected chi connectivity index (χ0v) is 13.7. The first-order chi connectivity index (χ1) is 6.61. The third-order valence-corrected chi connectivity index (χ3v) is 6.48. The van der Waals surface area contributed by atoms with Crippen molar-refractivity contribution in [2.24, 2.45) is 0 Å². The summed E-state index contributed by atoms with van der Waals surface area (Å²) in [6.45, 7) is 4.41. The second-order valence-corrected chi connectivity index (χ2v) is 7.52. The van der Waals surface area contributed by atoms with E-state index in [-0.39, 0.29) is 0 Å². The number of halogens is 2. The Labute approximate surface area is 119 Å². The van der Waals surface area contributed by atoms with Gasteiger partial charge >= 0.3 is 0 Å². The Morgan fingerprint density at radius 2 is 1.21 bits per heavy atom. The van der Waals surface area contributed by atoms with Crippen molar-refractivity contribution in [1.29, 1.82) is 0 Å². The summed E-state index contributed by atoms with van der Waals surface area (Å²) in [7, 11) is 0. The molecule has 0 aromatic carbocycles. The highest BCUT2D eigenvalue weighted by atomic mass is 127. The van der Waals surface area contributed by atoms with Crippen LogP contribution in [0.2, 0.25) is 0 Å². The van der Waals surface area contributed by atoms with E-state index in [0.717, 1.165) is 0 Å². The smallest absolute Gasteiger partial charge is 0.0319 e. The van der Waals surface area contributed by atoms with Gasteiger partial charge in [0, 0.05) is 38.8 Å². The highest BCUT2D eigenvalue weighted by Gasteiger charge is 2.15. The zero-order valence-electron chi connectivity index (χ0n) is 7.73. The monoisotopic (exact) mass is 446 g/mol. The topological polar surface area (TPSA) is 0 Å². The molecule has 0 N–H and O–H groups in total. The maximum absolute atomic E-state index is 2.43. The van der Waals surface area contributed by atoms with E-state index in [0.29, 0.717) is 0 Å². The van der Waals surface area contributed by atoms with Gasteiger partial charge in [-0.25, -0.2) is 0 Å². The average molecular weight is 446 g/mol. The Balaban J connectivity index is 2.71. The summed E-state index contributed by atoms with van der Waals surface area (Å²) in [4.78, 5) is 2.85. The molecule has 0 fully saturated rings. The molecule has 4 heteroatoms. The van der Waals surface area contributed by atoms with Gasteiger partial charge in [-0.05, 0) is 59.0 Å². The highest BCUT2D eigenvalue weighted by molar-refractivity contribution is 14.1. The molecule has 0 spiro atoms. The number of aryl methyl sites for hydroxylation is 2. The van der Waals surface area contributed by atoms with Crippen LogP contribution in [0.4, 0.5) is 0 Å². The highest BCUT2D eigenvalue weighted by Crippen LogP contribution is 2.40. The fourth-order valence-corrected chi connectivity index (χ4v) is 5.38. The molecule has 14 heavy (non-hydrogen) atoms.